The minimum absolute atomic E-state index is 0.119. The van der Waals surface area contributed by atoms with Crippen molar-refractivity contribution >= 4 is 29.8 Å². The van der Waals surface area contributed by atoms with Crippen LogP contribution in [0.1, 0.15) is 63.3 Å². The van der Waals surface area contributed by atoms with Crippen LogP contribution in [-0.4, -0.2) is 66.5 Å². The Morgan fingerprint density at radius 1 is 1.08 bits per heavy atom. The third-order valence-corrected chi connectivity index (χ3v) is 5.15. The number of hydrogen-bond donors (Lipinski definition) is 3. The quantitative estimate of drug-likeness (QED) is 0.385. The van der Waals surface area contributed by atoms with Crippen molar-refractivity contribution in [2.45, 2.75) is 72.1 Å². The number of primary amides is 1. The van der Waals surface area contributed by atoms with Gasteiger partial charge in [0.2, 0.25) is 17.7 Å². The number of aryl methyl sites for hydroxylation is 2. The van der Waals surface area contributed by atoms with E-state index in [0.29, 0.717) is 12.0 Å². The highest BCUT2D eigenvalue weighted by Gasteiger charge is 2.37. The summed E-state index contributed by atoms with van der Waals surface area (Å²) in [5.41, 5.74) is 6.58. The van der Waals surface area contributed by atoms with E-state index in [-0.39, 0.29) is 6.54 Å². The fourth-order valence-electron chi connectivity index (χ4n) is 3.67. The van der Waals surface area contributed by atoms with Crippen LogP contribution < -0.4 is 16.4 Å². The first-order valence-electron chi connectivity index (χ1n) is 11.7. The van der Waals surface area contributed by atoms with Gasteiger partial charge in [-0.3, -0.25) is 19.2 Å². The maximum absolute atomic E-state index is 13.8. The molecule has 0 spiro atoms. The number of rotatable bonds is 11. The summed E-state index contributed by atoms with van der Waals surface area (Å²) in [6, 6.07) is 2.90. The third-order valence-electron chi connectivity index (χ3n) is 5.15. The molecular weight excluding hydrogens is 468 g/mol. The summed E-state index contributed by atoms with van der Waals surface area (Å²) in [5, 5.41) is 4.94. The van der Waals surface area contributed by atoms with E-state index in [1.807, 2.05) is 13.0 Å². The van der Waals surface area contributed by atoms with Gasteiger partial charge in [0.05, 0.1) is 13.5 Å². The van der Waals surface area contributed by atoms with Crippen LogP contribution in [0, 0.1) is 13.8 Å². The van der Waals surface area contributed by atoms with E-state index < -0.39 is 60.4 Å². The summed E-state index contributed by atoms with van der Waals surface area (Å²) in [6.07, 6.45) is -0.938. The number of nitrogens with one attached hydrogen (secondary N) is 2. The third kappa shape index (κ3) is 9.20. The van der Waals surface area contributed by atoms with Crippen molar-refractivity contribution in [2.24, 2.45) is 5.73 Å². The number of esters is 1. The molecule has 2 unspecified atom stereocenters. The average Bonchev–Trinajstić information content (AvgIpc) is 2.76. The number of hydrogen-bond acceptors (Lipinski definition) is 7. The van der Waals surface area contributed by atoms with Crippen LogP contribution in [0.15, 0.2) is 18.2 Å². The van der Waals surface area contributed by atoms with E-state index in [4.69, 9.17) is 10.5 Å². The van der Waals surface area contributed by atoms with E-state index in [9.17, 15) is 24.0 Å². The number of benzene rings is 1. The summed E-state index contributed by atoms with van der Waals surface area (Å²) in [6.45, 7) is 10.1. The average molecular weight is 507 g/mol. The van der Waals surface area contributed by atoms with Crippen molar-refractivity contribution in [1.29, 1.82) is 0 Å². The number of carbonyl (C=O) groups excluding carboxylic acids is 5. The lowest BCUT2D eigenvalue weighted by Crippen LogP contribution is -2.54. The molecule has 0 aromatic heterocycles. The van der Waals surface area contributed by atoms with Crippen molar-refractivity contribution in [1.82, 2.24) is 15.5 Å². The van der Waals surface area contributed by atoms with E-state index >= 15 is 0 Å². The Balaban J connectivity index is 3.53. The highest BCUT2D eigenvalue weighted by atomic mass is 16.6. The van der Waals surface area contributed by atoms with Crippen LogP contribution in [0.3, 0.4) is 0 Å². The Hall–Kier alpha value is -3.63. The van der Waals surface area contributed by atoms with Gasteiger partial charge in [-0.2, -0.15) is 0 Å². The molecule has 1 aromatic rings. The lowest BCUT2D eigenvalue weighted by atomic mass is 9.93. The van der Waals surface area contributed by atoms with Gasteiger partial charge in [-0.05, 0) is 57.7 Å². The van der Waals surface area contributed by atoms with Crippen LogP contribution in [0.2, 0.25) is 0 Å². The van der Waals surface area contributed by atoms with Crippen molar-refractivity contribution in [3.05, 3.63) is 34.9 Å². The molecule has 0 aliphatic rings. The first-order valence-corrected chi connectivity index (χ1v) is 11.7. The molecule has 0 saturated carbocycles. The Bertz CT molecular complexity index is 951. The monoisotopic (exact) mass is 506 g/mol. The minimum atomic E-state index is -1.37. The summed E-state index contributed by atoms with van der Waals surface area (Å²) >= 11 is 0. The Morgan fingerprint density at radius 3 is 2.14 bits per heavy atom. The number of nitrogens with zero attached hydrogens (tertiary/aromatic N) is 1. The molecule has 0 saturated heterocycles. The Kier molecular flexibility index (Phi) is 11.4. The highest BCUT2D eigenvalue weighted by Crippen LogP contribution is 2.29. The highest BCUT2D eigenvalue weighted by molar-refractivity contribution is 5.95. The van der Waals surface area contributed by atoms with Crippen molar-refractivity contribution in [2.75, 3.05) is 20.2 Å². The fraction of sp³-hybridized carbons (Fsp3) is 0.560. The molecule has 2 atom stereocenters. The molecule has 4 N–H and O–H groups in total. The molecule has 0 aliphatic carbocycles. The zero-order valence-electron chi connectivity index (χ0n) is 22.1. The maximum atomic E-state index is 13.8. The van der Waals surface area contributed by atoms with Gasteiger partial charge < -0.3 is 30.7 Å². The van der Waals surface area contributed by atoms with E-state index in [2.05, 4.69) is 15.4 Å². The van der Waals surface area contributed by atoms with E-state index in [1.54, 1.807) is 46.8 Å². The van der Waals surface area contributed by atoms with Crippen molar-refractivity contribution in [3.8, 4) is 0 Å². The number of carbonyl (C=O) groups is 5. The largest absolute Gasteiger partial charge is 0.468 e. The second-order valence-electron chi connectivity index (χ2n) is 9.40. The van der Waals surface area contributed by atoms with Gasteiger partial charge in [-0.1, -0.05) is 25.1 Å². The van der Waals surface area contributed by atoms with Gasteiger partial charge >= 0.3 is 12.1 Å². The molecule has 200 valence electrons. The summed E-state index contributed by atoms with van der Waals surface area (Å²) in [5.74, 6) is -2.79. The van der Waals surface area contributed by atoms with Crippen LogP contribution >= 0.6 is 0 Å². The summed E-state index contributed by atoms with van der Waals surface area (Å²) in [7, 11) is 1.20. The lowest BCUT2D eigenvalue weighted by molar-refractivity contribution is -0.145. The maximum Gasteiger partial charge on any atom is 0.408 e. The Labute approximate surface area is 212 Å². The summed E-state index contributed by atoms with van der Waals surface area (Å²) in [4.78, 5) is 64.4. The summed E-state index contributed by atoms with van der Waals surface area (Å²) < 4.78 is 9.85. The lowest BCUT2D eigenvalue weighted by Gasteiger charge is -2.35. The van der Waals surface area contributed by atoms with Gasteiger partial charge in [0.15, 0.2) is 0 Å². The topological polar surface area (TPSA) is 157 Å². The van der Waals surface area contributed by atoms with Gasteiger partial charge in [-0.25, -0.2) is 4.79 Å². The van der Waals surface area contributed by atoms with Gasteiger partial charge in [0.1, 0.15) is 24.2 Å². The standard InChI is InChI=1S/C25H38N4O7/c1-8-12-29(23(33)17(13-18(26)30)28-24(34)36-25(4,5)6)21(22(32)27-14-19(31)35-7)20-15(2)10-9-11-16(20)3/h9-11,17,21H,8,12-14H2,1-7H3,(H2,26,30)(H,27,32)(H,28,34). The first kappa shape index (κ1) is 30.4. The fourth-order valence-corrected chi connectivity index (χ4v) is 3.67. The van der Waals surface area contributed by atoms with Crippen molar-refractivity contribution < 1.29 is 33.4 Å². The predicted molar refractivity (Wildman–Crippen MR) is 133 cm³/mol. The number of alkyl carbamates (subject to hydrolysis) is 1. The second kappa shape index (κ2) is 13.5. The Morgan fingerprint density at radius 2 is 1.67 bits per heavy atom. The molecule has 0 radical (unpaired) electrons. The molecular formula is C25H38N4O7. The van der Waals surface area contributed by atoms with Gasteiger partial charge in [0, 0.05) is 6.54 Å². The molecule has 1 rings (SSSR count). The molecule has 36 heavy (non-hydrogen) atoms. The van der Waals surface area contributed by atoms with Crippen LogP contribution in [0.5, 0.6) is 0 Å². The van der Waals surface area contributed by atoms with Crippen LogP contribution in [-0.2, 0) is 28.7 Å². The van der Waals surface area contributed by atoms with Crippen molar-refractivity contribution in [3.63, 3.8) is 0 Å². The second-order valence-corrected chi connectivity index (χ2v) is 9.40. The van der Waals surface area contributed by atoms with E-state index in [0.717, 1.165) is 11.1 Å². The number of ether oxygens (including phenoxy) is 2. The number of nitrogens with two attached hydrogens (primary N) is 1. The van der Waals surface area contributed by atoms with Crippen LogP contribution in [0.25, 0.3) is 0 Å². The molecule has 0 aliphatic heterocycles. The minimum Gasteiger partial charge on any atom is -0.468 e. The molecule has 0 bridgehead atoms. The smallest absolute Gasteiger partial charge is 0.408 e. The van der Waals surface area contributed by atoms with Crippen LogP contribution in [0.4, 0.5) is 4.79 Å². The molecule has 11 heteroatoms. The van der Waals surface area contributed by atoms with Gasteiger partial charge in [0.25, 0.3) is 0 Å². The molecule has 0 fully saturated rings. The normalized spacial score (nSPS) is 12.6. The molecule has 11 nitrogen and oxygen atoms in total. The van der Waals surface area contributed by atoms with E-state index in [1.165, 1.54) is 12.0 Å². The van der Waals surface area contributed by atoms with Gasteiger partial charge in [-0.15, -0.1) is 0 Å². The molecule has 1 aromatic carbocycles. The zero-order chi connectivity index (χ0) is 27.6. The number of methoxy groups -OCH3 is 1. The molecule has 0 heterocycles. The predicted octanol–water partition coefficient (Wildman–Crippen LogP) is 1.64. The SMILES string of the molecule is CCCN(C(=O)C(CC(N)=O)NC(=O)OC(C)(C)C)C(C(=O)NCC(=O)OC)c1c(C)cccc1C. The zero-order valence-corrected chi connectivity index (χ0v) is 22.1. The molecule has 4 amide bonds. The first-order chi connectivity index (χ1) is 16.7. The number of amides is 4.